The second-order valence-electron chi connectivity index (χ2n) is 5.44. The third-order valence-electron chi connectivity index (χ3n) is 3.48. The first-order valence-corrected chi connectivity index (χ1v) is 7.38. The van der Waals surface area contributed by atoms with E-state index in [9.17, 15) is 27.6 Å². The molecule has 1 aromatic carbocycles. The smallest absolute Gasteiger partial charge is 0.342 e. The summed E-state index contributed by atoms with van der Waals surface area (Å²) in [4.78, 5) is 35.4. The van der Waals surface area contributed by atoms with Crippen LogP contribution < -0.4 is 10.9 Å². The highest BCUT2D eigenvalue weighted by Crippen LogP contribution is 2.20. The number of carbonyl (C=O) groups excluding carboxylic acids is 2. The second-order valence-corrected chi connectivity index (χ2v) is 5.44. The van der Waals surface area contributed by atoms with Crippen LogP contribution in [0.1, 0.15) is 28.6 Å². The van der Waals surface area contributed by atoms with Gasteiger partial charge in [0.1, 0.15) is 11.3 Å². The number of hydrogen-bond acceptors (Lipinski definition) is 5. The molecule has 0 aliphatic carbocycles. The molecule has 2 rings (SSSR count). The van der Waals surface area contributed by atoms with Crippen LogP contribution in [0.3, 0.4) is 0 Å². The van der Waals surface area contributed by atoms with E-state index in [1.165, 1.54) is 20.8 Å². The maximum absolute atomic E-state index is 13.6. The Morgan fingerprint density at radius 3 is 2.42 bits per heavy atom. The van der Waals surface area contributed by atoms with Gasteiger partial charge in [-0.05, 0) is 38.5 Å². The first kappa shape index (κ1) is 19.2. The van der Waals surface area contributed by atoms with Gasteiger partial charge in [-0.2, -0.15) is 0 Å². The Morgan fingerprint density at radius 2 is 1.81 bits per heavy atom. The van der Waals surface area contributed by atoms with Crippen LogP contribution in [0, 0.1) is 31.3 Å². The molecular weight excluding hydrogens is 355 g/mol. The van der Waals surface area contributed by atoms with Gasteiger partial charge in [-0.3, -0.25) is 4.79 Å². The zero-order chi connectivity index (χ0) is 19.6. The van der Waals surface area contributed by atoms with Gasteiger partial charge in [0.25, 0.3) is 5.91 Å². The molecule has 0 radical (unpaired) electrons. The largest absolute Gasteiger partial charge is 0.449 e. The molecule has 6 nitrogen and oxygen atoms in total. The van der Waals surface area contributed by atoms with Gasteiger partial charge in [0.15, 0.2) is 23.6 Å². The summed E-state index contributed by atoms with van der Waals surface area (Å²) < 4.78 is 49.4. The van der Waals surface area contributed by atoms with Crippen LogP contribution in [0.2, 0.25) is 0 Å². The molecule has 0 saturated carbocycles. The Kier molecular flexibility index (Phi) is 5.49. The zero-order valence-electron chi connectivity index (χ0n) is 14.0. The summed E-state index contributed by atoms with van der Waals surface area (Å²) in [5, 5.41) is 2.00. The average Bonchev–Trinajstić information content (AvgIpc) is 2.54. The molecule has 0 saturated heterocycles. The molecule has 0 bridgehead atoms. The van der Waals surface area contributed by atoms with E-state index in [0.29, 0.717) is 11.6 Å². The lowest BCUT2D eigenvalue weighted by molar-refractivity contribution is -0.123. The highest BCUT2D eigenvalue weighted by Gasteiger charge is 2.24. The summed E-state index contributed by atoms with van der Waals surface area (Å²) in [6, 6.07) is 2.56. The molecule has 0 aliphatic heterocycles. The van der Waals surface area contributed by atoms with Crippen molar-refractivity contribution in [1.29, 1.82) is 0 Å². The standard InChI is InChI=1S/C17H14F3NO5/c1-7-6-12(22)25-8(2)13(7)17(24)26-9(3)16(23)21-11-5-4-10(18)14(19)15(11)20/h4-6,9H,1-3H3,(H,21,23)/t9-/m1/s1. The van der Waals surface area contributed by atoms with E-state index in [4.69, 9.17) is 9.15 Å². The van der Waals surface area contributed by atoms with Crippen LogP contribution in [-0.2, 0) is 9.53 Å². The normalized spacial score (nSPS) is 11.8. The van der Waals surface area contributed by atoms with Crippen molar-refractivity contribution in [1.82, 2.24) is 0 Å². The Labute approximate surface area is 145 Å². The van der Waals surface area contributed by atoms with Crippen molar-refractivity contribution in [3.63, 3.8) is 0 Å². The van der Waals surface area contributed by atoms with Crippen LogP contribution in [0.25, 0.3) is 0 Å². The average molecular weight is 369 g/mol. The molecule has 138 valence electrons. The second kappa shape index (κ2) is 7.42. The van der Waals surface area contributed by atoms with Crippen LogP contribution in [0.5, 0.6) is 0 Å². The van der Waals surface area contributed by atoms with Crippen molar-refractivity contribution < 1.29 is 31.9 Å². The van der Waals surface area contributed by atoms with Crippen molar-refractivity contribution in [3.05, 3.63) is 63.0 Å². The van der Waals surface area contributed by atoms with E-state index in [2.05, 4.69) is 0 Å². The number of benzene rings is 1. The quantitative estimate of drug-likeness (QED) is 0.662. The summed E-state index contributed by atoms with van der Waals surface area (Å²) in [7, 11) is 0. The van der Waals surface area contributed by atoms with Crippen molar-refractivity contribution in [2.45, 2.75) is 26.9 Å². The topological polar surface area (TPSA) is 85.6 Å². The fourth-order valence-corrected chi connectivity index (χ4v) is 2.19. The minimum atomic E-state index is -1.74. The number of amides is 1. The fraction of sp³-hybridized carbons (Fsp3) is 0.235. The van der Waals surface area contributed by atoms with E-state index in [1.807, 2.05) is 5.32 Å². The number of nitrogens with one attached hydrogen (secondary N) is 1. The molecule has 1 atom stereocenters. The van der Waals surface area contributed by atoms with E-state index < -0.39 is 46.7 Å². The molecule has 0 aliphatic rings. The van der Waals surface area contributed by atoms with Crippen molar-refractivity contribution in [3.8, 4) is 0 Å². The molecule has 1 N–H and O–H groups in total. The lowest BCUT2D eigenvalue weighted by Crippen LogP contribution is -2.31. The number of carbonyl (C=O) groups is 2. The van der Waals surface area contributed by atoms with Gasteiger partial charge in [0, 0.05) is 6.07 Å². The van der Waals surface area contributed by atoms with E-state index in [1.54, 1.807) is 0 Å². The van der Waals surface area contributed by atoms with Crippen LogP contribution in [0.15, 0.2) is 27.4 Å². The summed E-state index contributed by atoms with van der Waals surface area (Å²) >= 11 is 0. The molecule has 9 heteroatoms. The zero-order valence-corrected chi connectivity index (χ0v) is 14.0. The third kappa shape index (κ3) is 3.93. The fourth-order valence-electron chi connectivity index (χ4n) is 2.19. The number of hydrogen-bond donors (Lipinski definition) is 1. The molecule has 1 aromatic heterocycles. The molecular formula is C17H14F3NO5. The van der Waals surface area contributed by atoms with E-state index >= 15 is 0 Å². The number of halogens is 3. The number of rotatable bonds is 4. The van der Waals surface area contributed by atoms with Crippen molar-refractivity contribution >= 4 is 17.6 Å². The molecule has 0 spiro atoms. The molecule has 0 unspecified atom stereocenters. The molecule has 26 heavy (non-hydrogen) atoms. The maximum Gasteiger partial charge on any atom is 0.342 e. The number of ether oxygens (including phenoxy) is 1. The van der Waals surface area contributed by atoms with Crippen molar-refractivity contribution in [2.24, 2.45) is 0 Å². The third-order valence-corrected chi connectivity index (χ3v) is 3.48. The van der Waals surface area contributed by atoms with E-state index in [-0.39, 0.29) is 11.3 Å². The molecule has 0 fully saturated rings. The van der Waals surface area contributed by atoms with Gasteiger partial charge in [-0.1, -0.05) is 0 Å². The minimum Gasteiger partial charge on any atom is -0.449 e. The van der Waals surface area contributed by atoms with Gasteiger partial charge in [0.2, 0.25) is 0 Å². The highest BCUT2D eigenvalue weighted by molar-refractivity contribution is 5.98. The SMILES string of the molecule is Cc1cc(=O)oc(C)c1C(=O)O[C@H](C)C(=O)Nc1ccc(F)c(F)c1F. The Balaban J connectivity index is 2.14. The summed E-state index contributed by atoms with van der Waals surface area (Å²) in [5.74, 6) is -6.60. The van der Waals surface area contributed by atoms with E-state index in [0.717, 1.165) is 12.1 Å². The molecule has 1 heterocycles. The van der Waals surface area contributed by atoms with Crippen LogP contribution in [-0.4, -0.2) is 18.0 Å². The number of aryl methyl sites for hydroxylation is 2. The highest BCUT2D eigenvalue weighted by atomic mass is 19.2. The first-order chi connectivity index (χ1) is 12.1. The maximum atomic E-state index is 13.6. The predicted molar refractivity (Wildman–Crippen MR) is 84.3 cm³/mol. The van der Waals surface area contributed by atoms with Gasteiger partial charge in [0.05, 0.1) is 5.69 Å². The summed E-state index contributed by atoms with van der Waals surface area (Å²) in [6.45, 7) is 4.07. The number of esters is 1. The first-order valence-electron chi connectivity index (χ1n) is 7.38. The van der Waals surface area contributed by atoms with Crippen LogP contribution in [0.4, 0.5) is 18.9 Å². The predicted octanol–water partition coefficient (Wildman–Crippen LogP) is 2.86. The molecule has 1 amide bonds. The molecule has 2 aromatic rings. The Morgan fingerprint density at radius 1 is 1.15 bits per heavy atom. The lowest BCUT2D eigenvalue weighted by atomic mass is 10.1. The Bertz CT molecular complexity index is 912. The van der Waals surface area contributed by atoms with Gasteiger partial charge >= 0.3 is 11.6 Å². The summed E-state index contributed by atoms with van der Waals surface area (Å²) in [5.41, 5.74) is -0.975. The van der Waals surface area contributed by atoms with Gasteiger partial charge < -0.3 is 14.5 Å². The van der Waals surface area contributed by atoms with Gasteiger partial charge in [-0.25, -0.2) is 22.8 Å². The lowest BCUT2D eigenvalue weighted by Gasteiger charge is -2.15. The summed E-state index contributed by atoms with van der Waals surface area (Å²) in [6.07, 6.45) is -1.39. The van der Waals surface area contributed by atoms with Crippen molar-refractivity contribution in [2.75, 3.05) is 5.32 Å². The van der Waals surface area contributed by atoms with Gasteiger partial charge in [-0.15, -0.1) is 0 Å². The minimum absolute atomic E-state index is 0.0132. The monoisotopic (exact) mass is 369 g/mol. The Hall–Kier alpha value is -3.10. The van der Waals surface area contributed by atoms with Crippen LogP contribution >= 0.6 is 0 Å². The number of anilines is 1.